The Bertz CT molecular complexity index is 1080. The zero-order chi connectivity index (χ0) is 27.3. The molecule has 0 bridgehead atoms. The minimum Gasteiger partial charge on any atom is -0.427 e. The van der Waals surface area contributed by atoms with Crippen LogP contribution in [0.2, 0.25) is 0 Å². The third-order valence-corrected chi connectivity index (χ3v) is 4.89. The fourth-order valence-electron chi connectivity index (χ4n) is 3.07. The van der Waals surface area contributed by atoms with Gasteiger partial charge in [0.25, 0.3) is 11.5 Å². The van der Waals surface area contributed by atoms with Crippen LogP contribution < -0.4 is 22.3 Å². The van der Waals surface area contributed by atoms with Crippen LogP contribution in [0.4, 0.5) is 9.18 Å². The molecule has 0 saturated heterocycles. The number of likely N-dealkylation sites (N-methyl/N-ethyl adjacent to an activating group) is 1. The smallest absolute Gasteiger partial charge is 0.411 e. The summed E-state index contributed by atoms with van der Waals surface area (Å²) >= 11 is 0. The Kier molecular flexibility index (Phi) is 12.8. The van der Waals surface area contributed by atoms with Crippen LogP contribution in [-0.2, 0) is 25.9 Å². The van der Waals surface area contributed by atoms with E-state index in [-0.39, 0.29) is 18.7 Å². The lowest BCUT2D eigenvalue weighted by molar-refractivity contribution is -0.120. The van der Waals surface area contributed by atoms with Crippen molar-refractivity contribution in [1.82, 2.24) is 19.8 Å². The molecule has 4 N–H and O–H groups in total. The number of hydrogen-bond acceptors (Lipinski definition) is 7. The first-order valence-electron chi connectivity index (χ1n) is 11.5. The maximum Gasteiger partial charge on any atom is 0.411 e. The van der Waals surface area contributed by atoms with E-state index in [1.54, 1.807) is 11.9 Å². The van der Waals surface area contributed by atoms with Gasteiger partial charge in [0, 0.05) is 26.1 Å². The number of primary amides is 1. The summed E-state index contributed by atoms with van der Waals surface area (Å²) in [6.45, 7) is 2.91. The Labute approximate surface area is 206 Å². The fourth-order valence-corrected chi connectivity index (χ4v) is 3.07. The van der Waals surface area contributed by atoms with Gasteiger partial charge in [-0.15, -0.1) is 0 Å². The summed E-state index contributed by atoms with van der Waals surface area (Å²) in [5.74, 6) is -3.36. The monoisotopic (exact) mass is 512 g/mol. The molecular formula is C22H33FN6O7. The van der Waals surface area contributed by atoms with E-state index in [2.05, 4.69) is 17.2 Å². The molecule has 200 valence electrons. The predicted octanol–water partition coefficient (Wildman–Crippen LogP) is 0.410. The molecule has 0 aromatic carbocycles. The molecule has 0 radical (unpaired) electrons. The highest BCUT2D eigenvalue weighted by Gasteiger charge is 2.20. The van der Waals surface area contributed by atoms with Crippen LogP contribution in [0.5, 0.6) is 0 Å². The fraction of sp³-hybridized carbons (Fsp3) is 0.591. The van der Waals surface area contributed by atoms with Crippen LogP contribution in [0.3, 0.4) is 0 Å². The van der Waals surface area contributed by atoms with Gasteiger partial charge in [0.05, 0.1) is 12.6 Å². The number of nitrogens with one attached hydrogen (secondary N) is 2. The predicted molar refractivity (Wildman–Crippen MR) is 128 cm³/mol. The Morgan fingerprint density at radius 2 is 1.89 bits per heavy atom. The molecule has 0 saturated carbocycles. The summed E-state index contributed by atoms with van der Waals surface area (Å²) in [7, 11) is 1.35. The van der Waals surface area contributed by atoms with Crippen LogP contribution >= 0.6 is 0 Å². The van der Waals surface area contributed by atoms with Gasteiger partial charge in [-0.2, -0.15) is 4.39 Å². The van der Waals surface area contributed by atoms with Gasteiger partial charge in [0.1, 0.15) is 5.71 Å². The minimum absolute atomic E-state index is 0.0608. The van der Waals surface area contributed by atoms with Crippen LogP contribution in [0.25, 0.3) is 0 Å². The quantitative estimate of drug-likeness (QED) is 0.238. The van der Waals surface area contributed by atoms with Gasteiger partial charge in [-0.05, 0) is 13.3 Å². The largest absolute Gasteiger partial charge is 0.427 e. The first-order valence-corrected chi connectivity index (χ1v) is 11.5. The van der Waals surface area contributed by atoms with Gasteiger partial charge in [-0.1, -0.05) is 32.6 Å². The Hall–Kier alpha value is -3.84. The number of nitrogens with two attached hydrogens (primary N) is 1. The number of aliphatic imine (C=N–C) groups is 1. The second kappa shape index (κ2) is 15.2. The number of unbranched alkanes of at least 4 members (excludes halogenated alkanes) is 4. The molecule has 36 heavy (non-hydrogen) atoms. The number of carbonyl (C=O) groups excluding carboxylic acids is 4. The highest BCUT2D eigenvalue weighted by atomic mass is 19.1. The van der Waals surface area contributed by atoms with Gasteiger partial charge >= 0.3 is 11.8 Å². The van der Waals surface area contributed by atoms with Crippen LogP contribution in [0.1, 0.15) is 58.8 Å². The maximum absolute atomic E-state index is 13.3. The molecule has 0 aliphatic heterocycles. The van der Waals surface area contributed by atoms with Crippen molar-refractivity contribution >= 4 is 29.5 Å². The number of carbonyl (C=O) groups is 4. The number of halogens is 1. The summed E-state index contributed by atoms with van der Waals surface area (Å²) in [6.07, 6.45) is 3.92. The third-order valence-electron chi connectivity index (χ3n) is 4.89. The topological polar surface area (TPSA) is 186 Å². The van der Waals surface area contributed by atoms with Crippen LogP contribution in [-0.4, -0.2) is 63.6 Å². The number of nitrogens with zero attached hydrogens (tertiary/aromatic N) is 3. The summed E-state index contributed by atoms with van der Waals surface area (Å²) < 4.78 is 18.9. The van der Waals surface area contributed by atoms with Crippen molar-refractivity contribution in [2.45, 2.75) is 71.6 Å². The van der Waals surface area contributed by atoms with Gasteiger partial charge in [-0.3, -0.25) is 28.7 Å². The maximum atomic E-state index is 13.3. The lowest BCUT2D eigenvalue weighted by atomic mass is 10.1. The summed E-state index contributed by atoms with van der Waals surface area (Å²) in [5, 5.41) is 2.53. The SMILES string of the molecule is CCCCCCCC(=O)/N=C(\CC(N)=O)C(=O)N[C@H](C)CN(C)C(=O)OCn1cc(F)c(=O)[nH]c1=O. The first-order chi connectivity index (χ1) is 16.9. The molecule has 0 spiro atoms. The van der Waals surface area contributed by atoms with E-state index in [0.29, 0.717) is 17.2 Å². The lowest BCUT2D eigenvalue weighted by Crippen LogP contribution is -2.46. The zero-order valence-electron chi connectivity index (χ0n) is 20.7. The Morgan fingerprint density at radius 1 is 1.22 bits per heavy atom. The van der Waals surface area contributed by atoms with E-state index < -0.39 is 60.1 Å². The second-order valence-corrected chi connectivity index (χ2v) is 8.26. The minimum atomic E-state index is -1.22. The molecule has 1 atom stereocenters. The number of hydrogen-bond donors (Lipinski definition) is 3. The third kappa shape index (κ3) is 11.1. The van der Waals surface area contributed by atoms with Crippen molar-refractivity contribution in [3.8, 4) is 0 Å². The van der Waals surface area contributed by atoms with E-state index in [1.807, 2.05) is 0 Å². The highest BCUT2D eigenvalue weighted by Crippen LogP contribution is 2.06. The van der Waals surface area contributed by atoms with Crippen molar-refractivity contribution in [2.75, 3.05) is 13.6 Å². The number of ether oxygens (including phenoxy) is 1. The van der Waals surface area contributed by atoms with Crippen molar-refractivity contribution in [1.29, 1.82) is 0 Å². The molecule has 0 aliphatic rings. The van der Waals surface area contributed by atoms with E-state index in [0.717, 1.165) is 30.6 Å². The first kappa shape index (κ1) is 30.2. The van der Waals surface area contributed by atoms with Crippen molar-refractivity contribution in [3.05, 3.63) is 32.9 Å². The van der Waals surface area contributed by atoms with Crippen molar-refractivity contribution in [2.24, 2.45) is 10.7 Å². The summed E-state index contributed by atoms with van der Waals surface area (Å²) in [5.41, 5.74) is 2.69. The van der Waals surface area contributed by atoms with E-state index in [1.165, 1.54) is 7.05 Å². The molecule has 0 unspecified atom stereocenters. The number of amides is 4. The van der Waals surface area contributed by atoms with E-state index in [9.17, 15) is 33.2 Å². The second-order valence-electron chi connectivity index (χ2n) is 8.26. The average Bonchev–Trinajstić information content (AvgIpc) is 2.79. The Balaban J connectivity index is 2.65. The van der Waals surface area contributed by atoms with Crippen LogP contribution in [0.15, 0.2) is 20.8 Å². The van der Waals surface area contributed by atoms with Gasteiger partial charge in [0.2, 0.25) is 17.6 Å². The molecule has 1 rings (SSSR count). The number of rotatable bonds is 14. The van der Waals surface area contributed by atoms with Crippen LogP contribution in [0, 0.1) is 5.82 Å². The summed E-state index contributed by atoms with van der Waals surface area (Å²) in [4.78, 5) is 77.4. The molecule has 4 amide bonds. The van der Waals surface area contributed by atoms with Gasteiger partial charge < -0.3 is 20.7 Å². The lowest BCUT2D eigenvalue weighted by Gasteiger charge is -2.22. The normalized spacial score (nSPS) is 12.1. The summed E-state index contributed by atoms with van der Waals surface area (Å²) in [6, 6.07) is -0.662. The number of H-pyrrole nitrogens is 1. The van der Waals surface area contributed by atoms with Crippen molar-refractivity contribution < 1.29 is 28.3 Å². The number of aromatic nitrogens is 2. The van der Waals surface area contributed by atoms with Gasteiger partial charge in [0.15, 0.2) is 6.73 Å². The molecule has 1 aromatic rings. The molecule has 0 fully saturated rings. The molecule has 13 nitrogen and oxygen atoms in total. The highest BCUT2D eigenvalue weighted by molar-refractivity contribution is 6.43. The molecular weight excluding hydrogens is 479 g/mol. The van der Waals surface area contributed by atoms with E-state index >= 15 is 0 Å². The zero-order valence-corrected chi connectivity index (χ0v) is 20.7. The van der Waals surface area contributed by atoms with E-state index in [4.69, 9.17) is 10.5 Å². The number of aromatic amines is 1. The molecule has 14 heteroatoms. The molecule has 1 aromatic heterocycles. The van der Waals surface area contributed by atoms with Crippen molar-refractivity contribution in [3.63, 3.8) is 0 Å². The standard InChI is InChI=1S/C22H33FN6O7/c1-4-5-6-7-8-9-18(31)26-16(10-17(24)30)20(33)25-14(2)11-28(3)22(35)36-13-29-12-15(23)19(32)27-21(29)34/h12,14H,4-11,13H2,1-3H3,(H2,24,30)(H,25,33)(H,27,32,34)/b26-16+/t14-/m1/s1. The Morgan fingerprint density at radius 3 is 2.53 bits per heavy atom. The van der Waals surface area contributed by atoms with Gasteiger partial charge in [-0.25, -0.2) is 14.6 Å². The molecule has 1 heterocycles. The molecule has 0 aliphatic carbocycles. The average molecular weight is 513 g/mol.